The summed E-state index contributed by atoms with van der Waals surface area (Å²) in [5.74, 6) is -2.04. The highest BCUT2D eigenvalue weighted by molar-refractivity contribution is 5.91. The molecule has 0 spiro atoms. The second-order valence-electron chi connectivity index (χ2n) is 4.36. The Hall–Kier alpha value is -1.67. The number of carboxylic acid groups (broad SMARTS) is 1. The number of hydrogen-bond acceptors (Lipinski definition) is 5. The standard InChI is InChI=1S/C11H19N3O5/c1-12-5-9(16)14-4-2-3-8(14)10(17)13-7(6-15)11(18)19/h7-8,12,15H,2-6H2,1H3,(H,13,17)(H,18,19). The molecule has 108 valence electrons. The van der Waals surface area contributed by atoms with Gasteiger partial charge in [-0.25, -0.2) is 4.79 Å². The lowest BCUT2D eigenvalue weighted by Gasteiger charge is -2.25. The van der Waals surface area contributed by atoms with E-state index in [-0.39, 0.29) is 12.5 Å². The third kappa shape index (κ3) is 3.90. The number of carbonyl (C=O) groups is 3. The second-order valence-corrected chi connectivity index (χ2v) is 4.36. The Morgan fingerprint density at radius 1 is 1.42 bits per heavy atom. The van der Waals surface area contributed by atoms with E-state index in [2.05, 4.69) is 10.6 Å². The number of likely N-dealkylation sites (tertiary alicyclic amines) is 1. The van der Waals surface area contributed by atoms with Crippen molar-refractivity contribution in [1.82, 2.24) is 15.5 Å². The molecule has 1 rings (SSSR count). The first-order valence-corrected chi connectivity index (χ1v) is 6.09. The molecule has 0 aromatic heterocycles. The fourth-order valence-corrected chi connectivity index (χ4v) is 2.04. The Labute approximate surface area is 110 Å². The van der Waals surface area contributed by atoms with Gasteiger partial charge >= 0.3 is 5.97 Å². The summed E-state index contributed by atoms with van der Waals surface area (Å²) in [5.41, 5.74) is 0. The summed E-state index contributed by atoms with van der Waals surface area (Å²) in [6.07, 6.45) is 1.20. The fraction of sp³-hybridized carbons (Fsp3) is 0.727. The molecular formula is C11H19N3O5. The molecule has 2 amide bonds. The molecule has 4 N–H and O–H groups in total. The van der Waals surface area contributed by atoms with Crippen LogP contribution in [0, 0.1) is 0 Å². The average molecular weight is 273 g/mol. The minimum atomic E-state index is -1.34. The van der Waals surface area contributed by atoms with Crippen LogP contribution in [0.5, 0.6) is 0 Å². The largest absolute Gasteiger partial charge is 0.480 e. The maximum Gasteiger partial charge on any atom is 0.328 e. The SMILES string of the molecule is CNCC(=O)N1CCCC1C(=O)NC(CO)C(=O)O. The van der Waals surface area contributed by atoms with Crippen LogP contribution in [-0.2, 0) is 14.4 Å². The number of aliphatic hydroxyl groups is 1. The van der Waals surface area contributed by atoms with Gasteiger partial charge in [0.1, 0.15) is 12.1 Å². The Morgan fingerprint density at radius 3 is 2.63 bits per heavy atom. The number of carboxylic acids is 1. The molecule has 0 aromatic rings. The molecule has 2 unspecified atom stereocenters. The van der Waals surface area contributed by atoms with Gasteiger partial charge in [-0.3, -0.25) is 9.59 Å². The smallest absolute Gasteiger partial charge is 0.328 e. The van der Waals surface area contributed by atoms with Gasteiger partial charge in [-0.1, -0.05) is 0 Å². The van der Waals surface area contributed by atoms with E-state index in [1.54, 1.807) is 7.05 Å². The zero-order chi connectivity index (χ0) is 14.4. The molecule has 0 radical (unpaired) electrons. The van der Waals surface area contributed by atoms with Gasteiger partial charge in [0.2, 0.25) is 11.8 Å². The van der Waals surface area contributed by atoms with E-state index in [1.165, 1.54) is 4.90 Å². The molecule has 8 heteroatoms. The molecule has 1 aliphatic rings. The lowest BCUT2D eigenvalue weighted by atomic mass is 10.2. The Morgan fingerprint density at radius 2 is 2.11 bits per heavy atom. The number of rotatable bonds is 6. The molecule has 1 saturated heterocycles. The highest BCUT2D eigenvalue weighted by Crippen LogP contribution is 2.17. The van der Waals surface area contributed by atoms with Crippen LogP contribution < -0.4 is 10.6 Å². The lowest BCUT2D eigenvalue weighted by Crippen LogP contribution is -2.53. The molecule has 2 atom stereocenters. The van der Waals surface area contributed by atoms with Crippen molar-refractivity contribution < 1.29 is 24.6 Å². The molecule has 1 fully saturated rings. The third-order valence-electron chi connectivity index (χ3n) is 3.00. The average Bonchev–Trinajstić information content (AvgIpc) is 2.84. The van der Waals surface area contributed by atoms with Crippen LogP contribution in [-0.4, -0.2) is 71.7 Å². The number of amides is 2. The molecule has 1 aliphatic heterocycles. The normalized spacial score (nSPS) is 20.1. The minimum absolute atomic E-state index is 0.131. The van der Waals surface area contributed by atoms with Crippen molar-refractivity contribution in [2.24, 2.45) is 0 Å². The van der Waals surface area contributed by atoms with Crippen molar-refractivity contribution in [2.45, 2.75) is 24.9 Å². The first-order chi connectivity index (χ1) is 9.01. The van der Waals surface area contributed by atoms with Gasteiger partial charge < -0.3 is 25.7 Å². The van der Waals surface area contributed by atoms with Crippen molar-refractivity contribution in [2.75, 3.05) is 26.7 Å². The van der Waals surface area contributed by atoms with E-state index in [1.807, 2.05) is 0 Å². The summed E-state index contributed by atoms with van der Waals surface area (Å²) in [7, 11) is 1.63. The number of aliphatic carboxylic acids is 1. The number of nitrogens with zero attached hydrogens (tertiary/aromatic N) is 1. The molecule has 8 nitrogen and oxygen atoms in total. The monoisotopic (exact) mass is 273 g/mol. The van der Waals surface area contributed by atoms with E-state index in [0.29, 0.717) is 19.4 Å². The summed E-state index contributed by atoms with van der Waals surface area (Å²) < 4.78 is 0. The van der Waals surface area contributed by atoms with Crippen molar-refractivity contribution in [1.29, 1.82) is 0 Å². The summed E-state index contributed by atoms with van der Waals surface area (Å²) >= 11 is 0. The number of carbonyl (C=O) groups excluding carboxylic acids is 2. The topological polar surface area (TPSA) is 119 Å². The Balaban J connectivity index is 2.64. The molecule has 0 bridgehead atoms. The van der Waals surface area contributed by atoms with Crippen LogP contribution in [0.15, 0.2) is 0 Å². The maximum atomic E-state index is 11.9. The fourth-order valence-electron chi connectivity index (χ4n) is 2.04. The predicted molar refractivity (Wildman–Crippen MR) is 65.3 cm³/mol. The molecular weight excluding hydrogens is 254 g/mol. The zero-order valence-corrected chi connectivity index (χ0v) is 10.8. The molecule has 0 aliphatic carbocycles. The third-order valence-corrected chi connectivity index (χ3v) is 3.00. The number of hydrogen-bond donors (Lipinski definition) is 4. The van der Waals surface area contributed by atoms with E-state index < -0.39 is 30.6 Å². The van der Waals surface area contributed by atoms with Crippen molar-refractivity contribution >= 4 is 17.8 Å². The van der Waals surface area contributed by atoms with Crippen LogP contribution >= 0.6 is 0 Å². The van der Waals surface area contributed by atoms with Crippen LogP contribution in [0.4, 0.5) is 0 Å². The predicted octanol–water partition coefficient (Wildman–Crippen LogP) is -2.24. The molecule has 19 heavy (non-hydrogen) atoms. The van der Waals surface area contributed by atoms with Gasteiger partial charge in [-0.2, -0.15) is 0 Å². The molecule has 1 heterocycles. The van der Waals surface area contributed by atoms with Gasteiger partial charge in [0.15, 0.2) is 0 Å². The van der Waals surface area contributed by atoms with Gasteiger partial charge in [0, 0.05) is 6.54 Å². The highest BCUT2D eigenvalue weighted by atomic mass is 16.4. The number of nitrogens with one attached hydrogen (secondary N) is 2. The van der Waals surface area contributed by atoms with Crippen LogP contribution in [0.1, 0.15) is 12.8 Å². The lowest BCUT2D eigenvalue weighted by molar-refractivity contribution is -0.144. The number of aliphatic hydroxyl groups excluding tert-OH is 1. The quantitative estimate of drug-likeness (QED) is 0.434. The number of likely N-dealkylation sites (N-methyl/N-ethyl adjacent to an activating group) is 1. The van der Waals surface area contributed by atoms with E-state index >= 15 is 0 Å². The van der Waals surface area contributed by atoms with Crippen LogP contribution in [0.2, 0.25) is 0 Å². The van der Waals surface area contributed by atoms with Gasteiger partial charge in [0.05, 0.1) is 13.2 Å². The second kappa shape index (κ2) is 7.05. The van der Waals surface area contributed by atoms with Gasteiger partial charge in [0.25, 0.3) is 0 Å². The van der Waals surface area contributed by atoms with Crippen LogP contribution in [0.25, 0.3) is 0 Å². The summed E-state index contributed by atoms with van der Waals surface area (Å²) in [4.78, 5) is 35.9. The first kappa shape index (κ1) is 15.4. The highest BCUT2D eigenvalue weighted by Gasteiger charge is 2.35. The van der Waals surface area contributed by atoms with E-state index in [4.69, 9.17) is 10.2 Å². The Kier molecular flexibility index (Phi) is 5.71. The van der Waals surface area contributed by atoms with E-state index in [9.17, 15) is 14.4 Å². The molecule has 0 saturated carbocycles. The zero-order valence-electron chi connectivity index (χ0n) is 10.8. The van der Waals surface area contributed by atoms with Crippen LogP contribution in [0.3, 0.4) is 0 Å². The summed E-state index contributed by atoms with van der Waals surface area (Å²) in [6, 6.07) is -2.00. The Bertz CT molecular complexity index is 360. The van der Waals surface area contributed by atoms with Crippen molar-refractivity contribution in [3.05, 3.63) is 0 Å². The van der Waals surface area contributed by atoms with E-state index in [0.717, 1.165) is 0 Å². The van der Waals surface area contributed by atoms with Gasteiger partial charge in [-0.15, -0.1) is 0 Å². The van der Waals surface area contributed by atoms with Crippen molar-refractivity contribution in [3.8, 4) is 0 Å². The van der Waals surface area contributed by atoms with Gasteiger partial charge in [-0.05, 0) is 19.9 Å². The first-order valence-electron chi connectivity index (χ1n) is 6.09. The minimum Gasteiger partial charge on any atom is -0.480 e. The summed E-state index contributed by atoms with van der Waals surface area (Å²) in [6.45, 7) is -0.0696. The molecule has 0 aromatic carbocycles. The van der Waals surface area contributed by atoms with Crippen molar-refractivity contribution in [3.63, 3.8) is 0 Å². The summed E-state index contributed by atoms with van der Waals surface area (Å²) in [5, 5.41) is 22.6. The maximum absolute atomic E-state index is 11.9.